The van der Waals surface area contributed by atoms with E-state index in [0.717, 1.165) is 19.3 Å². The molecule has 0 aromatic heterocycles. The Labute approximate surface area is 149 Å². The number of rotatable bonds is 6. The summed E-state index contributed by atoms with van der Waals surface area (Å²) in [5.41, 5.74) is -0.572. The van der Waals surface area contributed by atoms with Crippen molar-refractivity contribution >= 4 is 0 Å². The maximum absolute atomic E-state index is 14.7. The van der Waals surface area contributed by atoms with Gasteiger partial charge < -0.3 is 9.47 Å². The van der Waals surface area contributed by atoms with E-state index in [1.54, 1.807) is 13.0 Å². The van der Waals surface area contributed by atoms with E-state index >= 15 is 0 Å². The van der Waals surface area contributed by atoms with Crippen LogP contribution in [0.1, 0.15) is 44.2 Å². The van der Waals surface area contributed by atoms with Crippen molar-refractivity contribution in [1.82, 2.24) is 0 Å². The Morgan fingerprint density at radius 1 is 0.962 bits per heavy atom. The van der Waals surface area contributed by atoms with Gasteiger partial charge in [0.25, 0.3) is 0 Å². The molecule has 0 radical (unpaired) electrons. The second-order valence-electron chi connectivity index (χ2n) is 6.22. The Balaban J connectivity index is 2.10. The molecule has 1 aliphatic rings. The lowest BCUT2D eigenvalue weighted by molar-refractivity contribution is -0.190. The van der Waals surface area contributed by atoms with Crippen molar-refractivity contribution in [2.24, 2.45) is 0 Å². The number of benzene rings is 2. The molecule has 0 amide bonds. The quantitative estimate of drug-likeness (QED) is 0.446. The van der Waals surface area contributed by atoms with E-state index in [4.69, 9.17) is 4.74 Å². The second kappa shape index (κ2) is 7.17. The summed E-state index contributed by atoms with van der Waals surface area (Å²) in [4.78, 5) is 0. The smallest absolute Gasteiger partial charge is 0.430 e. The molecule has 26 heavy (non-hydrogen) atoms. The van der Waals surface area contributed by atoms with Crippen LogP contribution in [0, 0.1) is 11.6 Å². The molecule has 0 atom stereocenters. The van der Waals surface area contributed by atoms with Crippen LogP contribution in [-0.2, 0) is 12.5 Å². The second-order valence-corrected chi connectivity index (χ2v) is 6.22. The third-order valence-corrected chi connectivity index (χ3v) is 4.44. The van der Waals surface area contributed by atoms with E-state index in [1.807, 2.05) is 6.92 Å². The molecule has 0 aliphatic carbocycles. The fourth-order valence-corrected chi connectivity index (χ4v) is 3.18. The van der Waals surface area contributed by atoms with Crippen molar-refractivity contribution in [1.29, 1.82) is 0 Å². The molecular formula is C20H20F4O2. The lowest BCUT2D eigenvalue weighted by Crippen LogP contribution is -2.29. The predicted molar refractivity (Wildman–Crippen MR) is 90.7 cm³/mol. The topological polar surface area (TPSA) is 18.5 Å². The van der Waals surface area contributed by atoms with Gasteiger partial charge in [-0.05, 0) is 37.5 Å². The van der Waals surface area contributed by atoms with Crippen LogP contribution in [0.3, 0.4) is 0 Å². The van der Waals surface area contributed by atoms with E-state index in [0.29, 0.717) is 12.0 Å². The normalized spacial score (nSPS) is 14.4. The standard InChI is InChI=1S/C20H20F4O2/c1-3-5-6-7-12-8-9-14-13-10-11-15(25-4-2)18(22)16(13)20(23,24)26-19(14)17(12)21/h8-11H,3-7H2,1-2H3. The van der Waals surface area contributed by atoms with Gasteiger partial charge in [-0.15, -0.1) is 0 Å². The average Bonchev–Trinajstić information content (AvgIpc) is 2.59. The Bertz CT molecular complexity index is 818. The number of aryl methyl sites for hydroxylation is 1. The molecule has 2 aromatic rings. The molecule has 2 aromatic carbocycles. The van der Waals surface area contributed by atoms with Crippen molar-refractivity contribution in [2.75, 3.05) is 6.61 Å². The third-order valence-electron chi connectivity index (χ3n) is 4.44. The van der Waals surface area contributed by atoms with Gasteiger partial charge in [-0.2, -0.15) is 8.78 Å². The Kier molecular flexibility index (Phi) is 5.12. The predicted octanol–water partition coefficient (Wildman–Crippen LogP) is 6.20. The first-order valence-corrected chi connectivity index (χ1v) is 8.75. The molecule has 0 fully saturated rings. The molecule has 3 rings (SSSR count). The molecule has 140 valence electrons. The number of halogens is 4. The van der Waals surface area contributed by atoms with Crippen molar-refractivity contribution < 1.29 is 27.0 Å². The fourth-order valence-electron chi connectivity index (χ4n) is 3.18. The van der Waals surface area contributed by atoms with Gasteiger partial charge >= 0.3 is 6.11 Å². The number of hydrogen-bond donors (Lipinski definition) is 0. The van der Waals surface area contributed by atoms with Gasteiger partial charge in [0, 0.05) is 11.1 Å². The lowest BCUT2D eigenvalue weighted by atomic mass is 9.92. The summed E-state index contributed by atoms with van der Waals surface area (Å²) < 4.78 is 67.9. The van der Waals surface area contributed by atoms with Crippen molar-refractivity contribution in [2.45, 2.75) is 45.6 Å². The molecular weight excluding hydrogens is 348 g/mol. The highest BCUT2D eigenvalue weighted by atomic mass is 19.3. The van der Waals surface area contributed by atoms with Crippen LogP contribution in [0.4, 0.5) is 17.6 Å². The van der Waals surface area contributed by atoms with E-state index in [1.165, 1.54) is 18.2 Å². The minimum absolute atomic E-state index is 0.0868. The zero-order chi connectivity index (χ0) is 18.9. The van der Waals surface area contributed by atoms with Crippen LogP contribution in [0.2, 0.25) is 0 Å². The Hall–Kier alpha value is -2.24. The first kappa shape index (κ1) is 18.5. The van der Waals surface area contributed by atoms with Crippen LogP contribution < -0.4 is 9.47 Å². The molecule has 0 bridgehead atoms. The summed E-state index contributed by atoms with van der Waals surface area (Å²) in [6.07, 6.45) is -0.905. The summed E-state index contributed by atoms with van der Waals surface area (Å²) >= 11 is 0. The van der Waals surface area contributed by atoms with E-state index < -0.39 is 29.1 Å². The third kappa shape index (κ3) is 3.13. The zero-order valence-electron chi connectivity index (χ0n) is 14.7. The van der Waals surface area contributed by atoms with Gasteiger partial charge in [0.15, 0.2) is 23.1 Å². The zero-order valence-corrected chi connectivity index (χ0v) is 14.7. The van der Waals surface area contributed by atoms with Crippen LogP contribution in [0.25, 0.3) is 11.1 Å². The monoisotopic (exact) mass is 368 g/mol. The number of ether oxygens (including phenoxy) is 2. The summed E-state index contributed by atoms with van der Waals surface area (Å²) in [6, 6.07) is 5.65. The van der Waals surface area contributed by atoms with Crippen molar-refractivity contribution in [3.63, 3.8) is 0 Å². The van der Waals surface area contributed by atoms with Crippen LogP contribution in [-0.4, -0.2) is 6.61 Å². The van der Waals surface area contributed by atoms with Gasteiger partial charge in [0.1, 0.15) is 5.56 Å². The summed E-state index contributed by atoms with van der Waals surface area (Å²) in [5.74, 6) is -2.81. The van der Waals surface area contributed by atoms with Crippen LogP contribution >= 0.6 is 0 Å². The summed E-state index contributed by atoms with van der Waals surface area (Å²) in [6.45, 7) is 3.78. The Morgan fingerprint density at radius 2 is 1.69 bits per heavy atom. The number of alkyl halides is 2. The lowest BCUT2D eigenvalue weighted by Gasteiger charge is -2.29. The van der Waals surface area contributed by atoms with Crippen molar-refractivity contribution in [3.05, 3.63) is 47.0 Å². The molecule has 0 saturated carbocycles. The average molecular weight is 368 g/mol. The maximum Gasteiger partial charge on any atom is 0.430 e. The van der Waals surface area contributed by atoms with Gasteiger partial charge in [0.2, 0.25) is 0 Å². The van der Waals surface area contributed by atoms with Crippen molar-refractivity contribution in [3.8, 4) is 22.6 Å². The first-order valence-electron chi connectivity index (χ1n) is 8.75. The summed E-state index contributed by atoms with van der Waals surface area (Å²) in [5, 5.41) is 0. The number of hydrogen-bond acceptors (Lipinski definition) is 2. The molecule has 0 unspecified atom stereocenters. The molecule has 6 heteroatoms. The van der Waals surface area contributed by atoms with Gasteiger partial charge in [-0.1, -0.05) is 31.9 Å². The maximum atomic E-state index is 14.7. The SMILES string of the molecule is CCCCCc1ccc2c(c1F)OC(F)(F)c1c-2ccc(OCC)c1F. The van der Waals surface area contributed by atoms with E-state index in [2.05, 4.69) is 4.74 Å². The van der Waals surface area contributed by atoms with Gasteiger partial charge in [0.05, 0.1) is 6.61 Å². The van der Waals surface area contributed by atoms with E-state index in [-0.39, 0.29) is 23.5 Å². The Morgan fingerprint density at radius 3 is 2.38 bits per heavy atom. The fraction of sp³-hybridized carbons (Fsp3) is 0.400. The molecule has 0 spiro atoms. The van der Waals surface area contributed by atoms with Crippen LogP contribution in [0.15, 0.2) is 24.3 Å². The molecule has 0 N–H and O–H groups in total. The van der Waals surface area contributed by atoms with E-state index in [9.17, 15) is 17.6 Å². The molecule has 2 nitrogen and oxygen atoms in total. The minimum atomic E-state index is -3.98. The van der Waals surface area contributed by atoms with Gasteiger partial charge in [-0.25, -0.2) is 8.78 Å². The molecule has 0 saturated heterocycles. The van der Waals surface area contributed by atoms with Gasteiger partial charge in [-0.3, -0.25) is 0 Å². The molecule has 1 aliphatic heterocycles. The molecule has 1 heterocycles. The largest absolute Gasteiger partial charge is 0.491 e. The first-order chi connectivity index (χ1) is 12.4. The van der Waals surface area contributed by atoms with Crippen LogP contribution in [0.5, 0.6) is 11.5 Å². The summed E-state index contributed by atoms with van der Waals surface area (Å²) in [7, 11) is 0. The number of fused-ring (bicyclic) bond motifs is 3. The number of unbranched alkanes of at least 4 members (excludes halogenated alkanes) is 2. The highest BCUT2D eigenvalue weighted by Gasteiger charge is 2.46. The highest BCUT2D eigenvalue weighted by molar-refractivity contribution is 5.77. The minimum Gasteiger partial charge on any atom is -0.491 e. The highest BCUT2D eigenvalue weighted by Crippen LogP contribution is 2.50.